The van der Waals surface area contributed by atoms with Crippen LogP contribution in [0.4, 0.5) is 17.1 Å². The maximum Gasteiger partial charge on any atom is 0.259 e. The summed E-state index contributed by atoms with van der Waals surface area (Å²) in [6.45, 7) is 2.87. The van der Waals surface area contributed by atoms with E-state index in [0.717, 1.165) is 42.9 Å². The van der Waals surface area contributed by atoms with Crippen molar-refractivity contribution in [1.29, 1.82) is 0 Å². The molecule has 0 radical (unpaired) electrons. The Labute approximate surface area is 159 Å². The lowest BCUT2D eigenvalue weighted by atomic mass is 10.0. The van der Waals surface area contributed by atoms with Crippen molar-refractivity contribution in [1.82, 2.24) is 4.98 Å². The molecule has 2 aromatic carbocycles. The number of aromatic nitrogens is 1. The van der Waals surface area contributed by atoms with Gasteiger partial charge in [-0.3, -0.25) is 9.78 Å². The third kappa shape index (κ3) is 3.56. The molecule has 2 heterocycles. The number of carbonyl (C=O) groups excluding carboxylic acids is 1. The number of amides is 1. The molecule has 0 saturated heterocycles. The molecule has 4 rings (SSSR count). The molecule has 0 spiro atoms. The molecule has 3 aromatic rings. The Kier molecular flexibility index (Phi) is 4.88. The van der Waals surface area contributed by atoms with E-state index in [-0.39, 0.29) is 5.91 Å². The van der Waals surface area contributed by atoms with Crippen LogP contribution in [0.1, 0.15) is 34.8 Å². The van der Waals surface area contributed by atoms with E-state index in [1.165, 1.54) is 11.1 Å². The standard InChI is InChI=1S/C23H23N3O/c1-2-17-8-3-5-11-21(17)25-20-14-19(15-24-16-20)23(27)26-13-7-10-18-9-4-6-12-22(18)26/h3-6,8-9,11-12,14-16,25H,2,7,10,13H2,1H3. The van der Waals surface area contributed by atoms with Gasteiger partial charge < -0.3 is 10.2 Å². The molecule has 1 amide bonds. The molecule has 1 aliphatic heterocycles. The SMILES string of the molecule is CCc1ccccc1Nc1cncc(C(=O)N2CCCc3ccccc32)c1. The van der Waals surface area contributed by atoms with Gasteiger partial charge in [-0.05, 0) is 48.6 Å². The highest BCUT2D eigenvalue weighted by Gasteiger charge is 2.23. The van der Waals surface area contributed by atoms with E-state index in [4.69, 9.17) is 0 Å². The monoisotopic (exact) mass is 357 g/mol. The molecule has 0 atom stereocenters. The van der Waals surface area contributed by atoms with E-state index in [9.17, 15) is 4.79 Å². The van der Waals surface area contributed by atoms with Crippen LogP contribution in [0.3, 0.4) is 0 Å². The minimum Gasteiger partial charge on any atom is -0.354 e. The predicted octanol–water partition coefficient (Wildman–Crippen LogP) is 4.98. The number of hydrogen-bond donors (Lipinski definition) is 1. The van der Waals surface area contributed by atoms with Crippen molar-refractivity contribution in [2.75, 3.05) is 16.8 Å². The Hall–Kier alpha value is -3.14. The third-order valence-corrected chi connectivity index (χ3v) is 5.02. The molecule has 4 nitrogen and oxygen atoms in total. The molecule has 0 unspecified atom stereocenters. The van der Waals surface area contributed by atoms with Gasteiger partial charge in [0, 0.05) is 24.1 Å². The van der Waals surface area contributed by atoms with Gasteiger partial charge >= 0.3 is 0 Å². The smallest absolute Gasteiger partial charge is 0.259 e. The number of carbonyl (C=O) groups is 1. The maximum absolute atomic E-state index is 13.1. The van der Waals surface area contributed by atoms with Crippen LogP contribution in [-0.4, -0.2) is 17.4 Å². The van der Waals surface area contributed by atoms with Crippen LogP contribution in [0.25, 0.3) is 0 Å². The average molecular weight is 357 g/mol. The van der Waals surface area contributed by atoms with Gasteiger partial charge in [0.25, 0.3) is 5.91 Å². The molecule has 1 aliphatic rings. The van der Waals surface area contributed by atoms with Gasteiger partial charge in [-0.2, -0.15) is 0 Å². The summed E-state index contributed by atoms with van der Waals surface area (Å²) in [7, 11) is 0. The van der Waals surface area contributed by atoms with Crippen molar-refractivity contribution in [2.24, 2.45) is 0 Å². The fraction of sp³-hybridized carbons (Fsp3) is 0.217. The normalized spacial score (nSPS) is 13.1. The summed E-state index contributed by atoms with van der Waals surface area (Å²) in [5.74, 6) is 0.00192. The number of nitrogens with one attached hydrogen (secondary N) is 1. The maximum atomic E-state index is 13.1. The van der Waals surface area contributed by atoms with Gasteiger partial charge in [-0.15, -0.1) is 0 Å². The molecular weight excluding hydrogens is 334 g/mol. The fourth-order valence-corrected chi connectivity index (χ4v) is 3.63. The molecule has 0 fully saturated rings. The third-order valence-electron chi connectivity index (χ3n) is 5.02. The van der Waals surface area contributed by atoms with E-state index >= 15 is 0 Å². The van der Waals surface area contributed by atoms with Gasteiger partial charge in [0.05, 0.1) is 17.4 Å². The zero-order valence-corrected chi connectivity index (χ0v) is 15.5. The summed E-state index contributed by atoms with van der Waals surface area (Å²) < 4.78 is 0. The summed E-state index contributed by atoms with van der Waals surface area (Å²) in [5.41, 5.74) is 5.96. The van der Waals surface area contributed by atoms with E-state index in [1.54, 1.807) is 12.4 Å². The Morgan fingerprint density at radius 1 is 1.11 bits per heavy atom. The first-order valence-corrected chi connectivity index (χ1v) is 9.46. The second-order valence-electron chi connectivity index (χ2n) is 6.79. The van der Waals surface area contributed by atoms with Crippen molar-refractivity contribution in [3.8, 4) is 0 Å². The summed E-state index contributed by atoms with van der Waals surface area (Å²) in [6.07, 6.45) is 6.36. The largest absolute Gasteiger partial charge is 0.354 e. The topological polar surface area (TPSA) is 45.2 Å². The summed E-state index contributed by atoms with van der Waals surface area (Å²) in [6, 6.07) is 18.2. The first-order valence-electron chi connectivity index (χ1n) is 9.46. The lowest BCUT2D eigenvalue weighted by Gasteiger charge is -2.29. The molecule has 0 bridgehead atoms. The molecule has 0 aliphatic carbocycles. The van der Waals surface area contributed by atoms with Gasteiger partial charge in [0.2, 0.25) is 0 Å². The minimum atomic E-state index is 0.00192. The average Bonchev–Trinajstić information content (AvgIpc) is 2.73. The molecule has 27 heavy (non-hydrogen) atoms. The van der Waals surface area contributed by atoms with Gasteiger partial charge in [-0.1, -0.05) is 43.3 Å². The van der Waals surface area contributed by atoms with E-state index in [1.807, 2.05) is 47.4 Å². The van der Waals surface area contributed by atoms with Gasteiger partial charge in [-0.25, -0.2) is 0 Å². The van der Waals surface area contributed by atoms with Crippen molar-refractivity contribution >= 4 is 23.0 Å². The zero-order chi connectivity index (χ0) is 18.6. The van der Waals surface area contributed by atoms with Crippen LogP contribution in [0.2, 0.25) is 0 Å². The summed E-state index contributed by atoms with van der Waals surface area (Å²) >= 11 is 0. The minimum absolute atomic E-state index is 0.00192. The van der Waals surface area contributed by atoms with Crippen molar-refractivity contribution in [3.05, 3.63) is 83.7 Å². The van der Waals surface area contributed by atoms with Crippen molar-refractivity contribution in [3.63, 3.8) is 0 Å². The summed E-state index contributed by atoms with van der Waals surface area (Å²) in [4.78, 5) is 19.3. The highest BCUT2D eigenvalue weighted by Crippen LogP contribution is 2.29. The number of para-hydroxylation sites is 2. The number of rotatable bonds is 4. The van der Waals surface area contributed by atoms with Crippen LogP contribution in [0.15, 0.2) is 67.0 Å². The number of anilines is 3. The predicted molar refractivity (Wildman–Crippen MR) is 110 cm³/mol. The number of pyridine rings is 1. The van der Waals surface area contributed by atoms with Crippen molar-refractivity contribution in [2.45, 2.75) is 26.2 Å². The summed E-state index contributed by atoms with van der Waals surface area (Å²) in [5, 5.41) is 3.41. The molecular formula is C23H23N3O. The number of fused-ring (bicyclic) bond motifs is 1. The zero-order valence-electron chi connectivity index (χ0n) is 15.5. The van der Waals surface area contributed by atoms with Crippen LogP contribution in [-0.2, 0) is 12.8 Å². The number of hydrogen-bond acceptors (Lipinski definition) is 3. The van der Waals surface area contributed by atoms with E-state index in [2.05, 4.69) is 29.4 Å². The van der Waals surface area contributed by atoms with E-state index in [0.29, 0.717) is 5.56 Å². The van der Waals surface area contributed by atoms with Crippen LogP contribution < -0.4 is 10.2 Å². The lowest BCUT2D eigenvalue weighted by Crippen LogP contribution is -2.35. The Morgan fingerprint density at radius 2 is 1.93 bits per heavy atom. The second-order valence-corrected chi connectivity index (χ2v) is 6.79. The molecule has 1 aromatic heterocycles. The fourth-order valence-electron chi connectivity index (χ4n) is 3.63. The number of benzene rings is 2. The Morgan fingerprint density at radius 3 is 2.81 bits per heavy atom. The van der Waals surface area contributed by atoms with Gasteiger partial charge in [0.1, 0.15) is 0 Å². The van der Waals surface area contributed by atoms with Crippen LogP contribution >= 0.6 is 0 Å². The number of nitrogens with zero attached hydrogens (tertiary/aromatic N) is 2. The first-order chi connectivity index (χ1) is 13.3. The van der Waals surface area contributed by atoms with E-state index < -0.39 is 0 Å². The molecule has 4 heteroatoms. The van der Waals surface area contributed by atoms with Crippen LogP contribution in [0.5, 0.6) is 0 Å². The molecule has 0 saturated carbocycles. The lowest BCUT2D eigenvalue weighted by molar-refractivity contribution is 0.0985. The van der Waals surface area contributed by atoms with Crippen molar-refractivity contribution < 1.29 is 4.79 Å². The second kappa shape index (κ2) is 7.62. The Bertz CT molecular complexity index is 967. The van der Waals surface area contributed by atoms with Gasteiger partial charge in [0.15, 0.2) is 0 Å². The highest BCUT2D eigenvalue weighted by molar-refractivity contribution is 6.07. The molecule has 136 valence electrons. The quantitative estimate of drug-likeness (QED) is 0.716. The van der Waals surface area contributed by atoms with Crippen LogP contribution in [0, 0.1) is 0 Å². The Balaban J connectivity index is 1.61. The first kappa shape index (κ1) is 17.3. The molecule has 1 N–H and O–H groups in total. The number of aryl methyl sites for hydroxylation is 2. The highest BCUT2D eigenvalue weighted by atomic mass is 16.2.